The zero-order chi connectivity index (χ0) is 21.4. The summed E-state index contributed by atoms with van der Waals surface area (Å²) < 4.78 is 6.13. The number of anilines is 1. The lowest BCUT2D eigenvalue weighted by Crippen LogP contribution is -2.14. The monoisotopic (exact) mass is 427 g/mol. The van der Waals surface area contributed by atoms with Crippen molar-refractivity contribution in [1.29, 1.82) is 0 Å². The van der Waals surface area contributed by atoms with Crippen LogP contribution in [0, 0.1) is 6.92 Å². The minimum atomic E-state index is -0.531. The van der Waals surface area contributed by atoms with Crippen molar-refractivity contribution in [1.82, 2.24) is 4.98 Å². The van der Waals surface area contributed by atoms with Crippen LogP contribution in [0.15, 0.2) is 88.3 Å². The number of rotatable bonds is 2. The topological polar surface area (TPSA) is 70.4 Å². The summed E-state index contributed by atoms with van der Waals surface area (Å²) in [6, 6.07) is 24.3. The van der Waals surface area contributed by atoms with Gasteiger partial charge in [-0.1, -0.05) is 48.0 Å². The van der Waals surface area contributed by atoms with Crippen LogP contribution in [0.1, 0.15) is 5.56 Å². The van der Waals surface area contributed by atoms with E-state index in [0.717, 1.165) is 27.5 Å². The molecule has 2 aromatic heterocycles. The maximum atomic E-state index is 12.7. The Bertz CT molecular complexity index is 1460. The first-order valence-corrected chi connectivity index (χ1v) is 10.2. The average molecular weight is 428 g/mol. The maximum Gasteiger partial charge on any atom is 0.348 e. The van der Waals surface area contributed by atoms with Gasteiger partial charge in [-0.05, 0) is 55.0 Å². The molecule has 0 saturated carbocycles. The Balaban J connectivity index is 1.66. The SMILES string of the molecule is Cc1cccc2cc(-c3cc4ccccc4[nH]3)/c(=N/C(=O)Nc3ccc(Cl)cc3)oc12. The van der Waals surface area contributed by atoms with Crippen LogP contribution >= 0.6 is 11.6 Å². The van der Waals surface area contributed by atoms with Crippen LogP contribution in [0.2, 0.25) is 5.02 Å². The van der Waals surface area contributed by atoms with Gasteiger partial charge in [0.25, 0.3) is 0 Å². The van der Waals surface area contributed by atoms with Gasteiger partial charge in [0.1, 0.15) is 5.58 Å². The molecule has 5 aromatic rings. The van der Waals surface area contributed by atoms with Crippen molar-refractivity contribution in [3.63, 3.8) is 0 Å². The minimum absolute atomic E-state index is 0.236. The second kappa shape index (κ2) is 7.78. The summed E-state index contributed by atoms with van der Waals surface area (Å²) in [4.78, 5) is 20.3. The molecule has 0 aliphatic rings. The third kappa shape index (κ3) is 3.83. The summed E-state index contributed by atoms with van der Waals surface area (Å²) in [5, 5.41) is 5.35. The van der Waals surface area contributed by atoms with Crippen LogP contribution in [0.4, 0.5) is 10.5 Å². The van der Waals surface area contributed by atoms with E-state index >= 15 is 0 Å². The molecule has 3 aromatic carbocycles. The van der Waals surface area contributed by atoms with Crippen molar-refractivity contribution in [3.8, 4) is 11.3 Å². The molecule has 31 heavy (non-hydrogen) atoms. The number of aromatic amines is 1. The zero-order valence-electron chi connectivity index (χ0n) is 16.6. The van der Waals surface area contributed by atoms with Gasteiger partial charge in [-0.3, -0.25) is 0 Å². The van der Waals surface area contributed by atoms with E-state index in [1.165, 1.54) is 0 Å². The Morgan fingerprint density at radius 1 is 0.968 bits per heavy atom. The summed E-state index contributed by atoms with van der Waals surface area (Å²) in [5.41, 5.74) is 5.03. The first kappa shape index (κ1) is 19.2. The number of urea groups is 1. The lowest BCUT2D eigenvalue weighted by molar-refractivity contribution is 0.258. The fraction of sp³-hybridized carbons (Fsp3) is 0.0400. The quantitative estimate of drug-likeness (QED) is 0.330. The van der Waals surface area contributed by atoms with Crippen molar-refractivity contribution in [2.75, 3.05) is 5.32 Å². The van der Waals surface area contributed by atoms with Crippen molar-refractivity contribution in [3.05, 3.63) is 95.0 Å². The van der Waals surface area contributed by atoms with Crippen molar-refractivity contribution in [2.24, 2.45) is 4.99 Å². The third-order valence-corrected chi connectivity index (χ3v) is 5.34. The number of para-hydroxylation sites is 2. The number of hydrogen-bond acceptors (Lipinski definition) is 2. The first-order chi connectivity index (χ1) is 15.1. The molecular formula is C25H18ClN3O2. The number of carbonyl (C=O) groups is 1. The summed E-state index contributed by atoms with van der Waals surface area (Å²) in [6.45, 7) is 1.96. The molecule has 6 heteroatoms. The molecule has 0 unspecified atom stereocenters. The molecule has 5 nitrogen and oxygen atoms in total. The van der Waals surface area contributed by atoms with E-state index in [1.807, 2.05) is 61.5 Å². The summed E-state index contributed by atoms with van der Waals surface area (Å²) in [6.07, 6.45) is 0. The van der Waals surface area contributed by atoms with E-state index in [2.05, 4.69) is 15.3 Å². The van der Waals surface area contributed by atoms with Crippen LogP contribution in [0.25, 0.3) is 33.1 Å². The Hall–Kier alpha value is -3.83. The number of fused-ring (bicyclic) bond motifs is 2. The standard InChI is InChI=1S/C25H18ClN3O2/c1-15-5-4-7-17-13-20(22-14-16-6-2-3-8-21(16)28-22)24(31-23(15)17)29-25(30)27-19-11-9-18(26)10-12-19/h2-14,28H,1H3,(H,27,30)/b29-24-. The van der Waals surface area contributed by atoms with Gasteiger partial charge in [0.15, 0.2) is 0 Å². The number of amides is 2. The zero-order valence-corrected chi connectivity index (χ0v) is 17.4. The van der Waals surface area contributed by atoms with Gasteiger partial charge < -0.3 is 14.7 Å². The molecule has 152 valence electrons. The molecule has 0 spiro atoms. The van der Waals surface area contributed by atoms with Gasteiger partial charge >= 0.3 is 6.03 Å². The molecule has 0 saturated heterocycles. The Labute approximate surface area is 183 Å². The molecule has 5 rings (SSSR count). The Morgan fingerprint density at radius 3 is 2.55 bits per heavy atom. The van der Waals surface area contributed by atoms with Crippen molar-refractivity contribution >= 4 is 45.2 Å². The molecule has 0 aliphatic heterocycles. The lowest BCUT2D eigenvalue weighted by atomic mass is 10.1. The molecule has 2 amide bonds. The largest absolute Gasteiger partial charge is 0.437 e. The highest BCUT2D eigenvalue weighted by molar-refractivity contribution is 6.30. The number of aromatic nitrogens is 1. The molecule has 0 fully saturated rings. The number of nitrogens with one attached hydrogen (secondary N) is 2. The van der Waals surface area contributed by atoms with Crippen LogP contribution in [0.5, 0.6) is 0 Å². The van der Waals surface area contributed by atoms with Gasteiger partial charge in [0.05, 0.1) is 11.3 Å². The van der Waals surface area contributed by atoms with E-state index in [9.17, 15) is 4.79 Å². The number of aryl methyl sites for hydroxylation is 1. The summed E-state index contributed by atoms with van der Waals surface area (Å²) in [7, 11) is 0. The number of H-pyrrole nitrogens is 1. The van der Waals surface area contributed by atoms with E-state index in [-0.39, 0.29) is 5.55 Å². The number of benzene rings is 3. The smallest absolute Gasteiger partial charge is 0.348 e. The van der Waals surface area contributed by atoms with Crippen LogP contribution in [-0.4, -0.2) is 11.0 Å². The number of halogens is 1. The number of nitrogens with zero attached hydrogens (tertiary/aromatic N) is 1. The molecule has 0 atom stereocenters. The number of hydrogen-bond donors (Lipinski definition) is 2. The first-order valence-electron chi connectivity index (χ1n) is 9.80. The van der Waals surface area contributed by atoms with Crippen LogP contribution in [0.3, 0.4) is 0 Å². The van der Waals surface area contributed by atoms with Gasteiger partial charge in [0.2, 0.25) is 5.55 Å². The van der Waals surface area contributed by atoms with E-state index in [0.29, 0.717) is 21.9 Å². The van der Waals surface area contributed by atoms with E-state index < -0.39 is 6.03 Å². The number of carbonyl (C=O) groups excluding carboxylic acids is 1. The third-order valence-electron chi connectivity index (χ3n) is 5.09. The predicted molar refractivity (Wildman–Crippen MR) is 124 cm³/mol. The predicted octanol–water partition coefficient (Wildman–Crippen LogP) is 6.68. The van der Waals surface area contributed by atoms with Gasteiger partial charge in [-0.15, -0.1) is 0 Å². The molecule has 0 aliphatic carbocycles. The second-order valence-electron chi connectivity index (χ2n) is 7.28. The van der Waals surface area contributed by atoms with E-state index in [4.69, 9.17) is 16.0 Å². The molecule has 0 radical (unpaired) electrons. The molecule has 2 heterocycles. The minimum Gasteiger partial charge on any atom is -0.437 e. The molecule has 0 bridgehead atoms. The van der Waals surface area contributed by atoms with Crippen LogP contribution < -0.4 is 10.9 Å². The molecular weight excluding hydrogens is 410 g/mol. The fourth-order valence-corrected chi connectivity index (χ4v) is 3.69. The highest BCUT2D eigenvalue weighted by atomic mass is 35.5. The second-order valence-corrected chi connectivity index (χ2v) is 7.71. The lowest BCUT2D eigenvalue weighted by Gasteiger charge is -2.06. The fourth-order valence-electron chi connectivity index (χ4n) is 3.57. The maximum absolute atomic E-state index is 12.7. The normalized spacial score (nSPS) is 11.9. The van der Waals surface area contributed by atoms with Crippen molar-refractivity contribution in [2.45, 2.75) is 6.92 Å². The Kier molecular flexibility index (Phi) is 4.81. The molecule has 2 N–H and O–H groups in total. The van der Waals surface area contributed by atoms with Gasteiger partial charge in [-0.2, -0.15) is 4.99 Å². The van der Waals surface area contributed by atoms with E-state index in [1.54, 1.807) is 24.3 Å². The van der Waals surface area contributed by atoms with Gasteiger partial charge in [-0.25, -0.2) is 4.79 Å². The van der Waals surface area contributed by atoms with Gasteiger partial charge in [0, 0.05) is 27.0 Å². The summed E-state index contributed by atoms with van der Waals surface area (Å²) in [5.74, 6) is 0. The Morgan fingerprint density at radius 2 is 1.74 bits per heavy atom. The summed E-state index contributed by atoms with van der Waals surface area (Å²) >= 11 is 5.92. The highest BCUT2D eigenvalue weighted by Crippen LogP contribution is 2.26. The van der Waals surface area contributed by atoms with Crippen molar-refractivity contribution < 1.29 is 9.21 Å². The average Bonchev–Trinajstić information content (AvgIpc) is 3.20. The van der Waals surface area contributed by atoms with Crippen LogP contribution in [-0.2, 0) is 0 Å². The highest BCUT2D eigenvalue weighted by Gasteiger charge is 2.12.